The molecule has 5 nitrogen and oxygen atoms in total. The van der Waals surface area contributed by atoms with Gasteiger partial charge in [0, 0.05) is 6.04 Å². The molecule has 0 aromatic rings. The van der Waals surface area contributed by atoms with E-state index in [0.717, 1.165) is 38.5 Å². The summed E-state index contributed by atoms with van der Waals surface area (Å²) >= 11 is 0. The summed E-state index contributed by atoms with van der Waals surface area (Å²) in [4.78, 5) is 23.4. The van der Waals surface area contributed by atoms with Gasteiger partial charge in [0.1, 0.15) is 0 Å². The molecule has 0 saturated heterocycles. The number of carbonyl (C=O) groups is 2. The van der Waals surface area contributed by atoms with E-state index < -0.39 is 5.54 Å². The van der Waals surface area contributed by atoms with E-state index in [9.17, 15) is 9.59 Å². The second-order valence-electron chi connectivity index (χ2n) is 5.43. The highest BCUT2D eigenvalue weighted by Crippen LogP contribution is 2.33. The highest BCUT2D eigenvalue weighted by atomic mass is 35.5. The number of halogens is 1. The molecule has 19 heavy (non-hydrogen) atoms. The predicted octanol–water partition coefficient (Wildman–Crippen LogP) is 1.14. The average molecular weight is 291 g/mol. The van der Waals surface area contributed by atoms with Crippen LogP contribution in [0, 0.1) is 5.92 Å². The molecule has 2 saturated carbocycles. The van der Waals surface area contributed by atoms with Gasteiger partial charge in [0.05, 0.1) is 18.1 Å². The summed E-state index contributed by atoms with van der Waals surface area (Å²) in [6.45, 7) is 2.26. The summed E-state index contributed by atoms with van der Waals surface area (Å²) in [7, 11) is 0. The van der Waals surface area contributed by atoms with Crippen molar-refractivity contribution in [1.82, 2.24) is 5.32 Å². The maximum absolute atomic E-state index is 11.8. The Morgan fingerprint density at radius 2 is 1.84 bits per heavy atom. The lowest BCUT2D eigenvalue weighted by molar-refractivity contribution is -0.149. The van der Waals surface area contributed by atoms with Gasteiger partial charge in [-0.3, -0.25) is 9.59 Å². The standard InChI is InChI=1S/C13H22N2O3.ClH/c1-2-18-11(16)9-3-5-10(6-4-9)15-12(17)13(14)7-8-13;/h9-10H,2-8,14H2,1H3,(H,15,17);1H. The van der Waals surface area contributed by atoms with Crippen molar-refractivity contribution in [2.24, 2.45) is 11.7 Å². The van der Waals surface area contributed by atoms with E-state index in [2.05, 4.69) is 5.32 Å². The molecular formula is C13H23ClN2O3. The lowest BCUT2D eigenvalue weighted by Crippen LogP contribution is -2.48. The molecule has 0 radical (unpaired) electrons. The van der Waals surface area contributed by atoms with Gasteiger partial charge in [-0.1, -0.05) is 0 Å². The molecule has 0 aromatic heterocycles. The van der Waals surface area contributed by atoms with Crippen molar-refractivity contribution in [3.8, 4) is 0 Å². The van der Waals surface area contributed by atoms with Gasteiger partial charge in [-0.05, 0) is 45.4 Å². The molecule has 2 aliphatic carbocycles. The SMILES string of the molecule is CCOC(=O)C1CCC(NC(=O)C2(N)CC2)CC1.Cl. The molecule has 0 aliphatic heterocycles. The molecule has 0 bridgehead atoms. The van der Waals surface area contributed by atoms with Crippen LogP contribution in [0.2, 0.25) is 0 Å². The zero-order valence-electron chi connectivity index (χ0n) is 11.3. The largest absolute Gasteiger partial charge is 0.466 e. The van der Waals surface area contributed by atoms with Crippen molar-refractivity contribution in [1.29, 1.82) is 0 Å². The first-order valence-corrected chi connectivity index (χ1v) is 6.81. The maximum Gasteiger partial charge on any atom is 0.308 e. The molecule has 2 rings (SSSR count). The van der Waals surface area contributed by atoms with Crippen LogP contribution >= 0.6 is 12.4 Å². The third-order valence-corrected chi connectivity index (χ3v) is 3.92. The van der Waals surface area contributed by atoms with Crippen LogP contribution in [0.1, 0.15) is 45.4 Å². The third kappa shape index (κ3) is 4.08. The van der Waals surface area contributed by atoms with Crippen LogP contribution in [0.4, 0.5) is 0 Å². The Hall–Kier alpha value is -0.810. The molecule has 6 heteroatoms. The Labute approximate surface area is 120 Å². The molecule has 2 aliphatic rings. The number of amides is 1. The van der Waals surface area contributed by atoms with Crippen molar-refractivity contribution >= 4 is 24.3 Å². The minimum absolute atomic E-state index is 0. The van der Waals surface area contributed by atoms with Crippen molar-refractivity contribution in [2.45, 2.75) is 57.0 Å². The second kappa shape index (κ2) is 6.57. The van der Waals surface area contributed by atoms with Crippen molar-refractivity contribution in [3.05, 3.63) is 0 Å². The molecule has 0 aromatic carbocycles. The molecular weight excluding hydrogens is 268 g/mol. The minimum atomic E-state index is -0.599. The van der Waals surface area contributed by atoms with Gasteiger partial charge in [-0.25, -0.2) is 0 Å². The summed E-state index contributed by atoms with van der Waals surface area (Å²) in [5, 5.41) is 3.00. The topological polar surface area (TPSA) is 81.4 Å². The van der Waals surface area contributed by atoms with Gasteiger partial charge in [0.2, 0.25) is 5.91 Å². The van der Waals surface area contributed by atoms with E-state index in [1.807, 2.05) is 6.92 Å². The normalized spacial score (nSPS) is 27.9. The minimum Gasteiger partial charge on any atom is -0.466 e. The lowest BCUT2D eigenvalue weighted by atomic mass is 9.86. The Bertz CT molecular complexity index is 337. The van der Waals surface area contributed by atoms with Crippen LogP contribution < -0.4 is 11.1 Å². The fourth-order valence-corrected chi connectivity index (χ4v) is 2.42. The summed E-state index contributed by atoms with van der Waals surface area (Å²) in [6, 6.07) is 0.171. The van der Waals surface area contributed by atoms with Crippen LogP contribution in [-0.4, -0.2) is 30.1 Å². The van der Waals surface area contributed by atoms with E-state index in [-0.39, 0.29) is 36.2 Å². The molecule has 0 unspecified atom stereocenters. The molecule has 2 fully saturated rings. The van der Waals surface area contributed by atoms with Crippen LogP contribution in [0.25, 0.3) is 0 Å². The number of hydrogen-bond donors (Lipinski definition) is 2. The monoisotopic (exact) mass is 290 g/mol. The van der Waals surface area contributed by atoms with Crippen molar-refractivity contribution in [3.63, 3.8) is 0 Å². The van der Waals surface area contributed by atoms with Gasteiger partial charge < -0.3 is 15.8 Å². The van der Waals surface area contributed by atoms with Crippen LogP contribution in [0.3, 0.4) is 0 Å². The number of nitrogens with one attached hydrogen (secondary N) is 1. The number of carbonyl (C=O) groups excluding carboxylic acids is 2. The number of rotatable bonds is 4. The Morgan fingerprint density at radius 1 is 1.26 bits per heavy atom. The van der Waals surface area contributed by atoms with Crippen molar-refractivity contribution < 1.29 is 14.3 Å². The number of nitrogens with two attached hydrogens (primary N) is 1. The Balaban J connectivity index is 0.00000180. The average Bonchev–Trinajstić information content (AvgIpc) is 3.10. The fourth-order valence-electron chi connectivity index (χ4n) is 2.42. The van der Waals surface area contributed by atoms with Gasteiger partial charge in [-0.2, -0.15) is 0 Å². The van der Waals surface area contributed by atoms with Crippen molar-refractivity contribution in [2.75, 3.05) is 6.61 Å². The van der Waals surface area contributed by atoms with Gasteiger partial charge in [-0.15, -0.1) is 12.4 Å². The zero-order chi connectivity index (χ0) is 13.2. The van der Waals surface area contributed by atoms with E-state index in [4.69, 9.17) is 10.5 Å². The van der Waals surface area contributed by atoms with E-state index in [0.29, 0.717) is 6.61 Å². The maximum atomic E-state index is 11.8. The smallest absolute Gasteiger partial charge is 0.308 e. The number of hydrogen-bond acceptors (Lipinski definition) is 4. The molecule has 110 valence electrons. The van der Waals surface area contributed by atoms with Crippen LogP contribution in [0.5, 0.6) is 0 Å². The van der Waals surface area contributed by atoms with E-state index in [1.165, 1.54) is 0 Å². The summed E-state index contributed by atoms with van der Waals surface area (Å²) < 4.78 is 5.02. The molecule has 0 atom stereocenters. The molecule has 0 heterocycles. The van der Waals surface area contributed by atoms with E-state index >= 15 is 0 Å². The number of esters is 1. The fraction of sp³-hybridized carbons (Fsp3) is 0.846. The second-order valence-corrected chi connectivity index (χ2v) is 5.43. The summed E-state index contributed by atoms with van der Waals surface area (Å²) in [6.07, 6.45) is 4.84. The van der Waals surface area contributed by atoms with Crippen LogP contribution in [0.15, 0.2) is 0 Å². The molecule has 1 amide bonds. The highest BCUT2D eigenvalue weighted by molar-refractivity contribution is 5.89. The van der Waals surface area contributed by atoms with Gasteiger partial charge in [0.15, 0.2) is 0 Å². The summed E-state index contributed by atoms with van der Waals surface area (Å²) in [5.41, 5.74) is 5.24. The first-order chi connectivity index (χ1) is 8.55. The predicted molar refractivity (Wildman–Crippen MR) is 73.9 cm³/mol. The first kappa shape index (κ1) is 16.2. The van der Waals surface area contributed by atoms with E-state index in [1.54, 1.807) is 0 Å². The quantitative estimate of drug-likeness (QED) is 0.761. The lowest BCUT2D eigenvalue weighted by Gasteiger charge is -2.28. The van der Waals surface area contributed by atoms with Crippen LogP contribution in [-0.2, 0) is 14.3 Å². The molecule has 0 spiro atoms. The third-order valence-electron chi connectivity index (χ3n) is 3.92. The van der Waals surface area contributed by atoms with Gasteiger partial charge in [0.25, 0.3) is 0 Å². The Kier molecular flexibility index (Phi) is 5.62. The van der Waals surface area contributed by atoms with Gasteiger partial charge >= 0.3 is 5.97 Å². The zero-order valence-corrected chi connectivity index (χ0v) is 12.1. The number of ether oxygens (including phenoxy) is 1. The Morgan fingerprint density at radius 3 is 2.32 bits per heavy atom. The molecule has 3 N–H and O–H groups in total. The highest BCUT2D eigenvalue weighted by Gasteiger charge is 2.46. The summed E-state index contributed by atoms with van der Waals surface area (Å²) in [5.74, 6) is -0.118. The first-order valence-electron chi connectivity index (χ1n) is 6.81.